The molecule has 9 heteroatoms. The lowest BCUT2D eigenvalue weighted by atomic mass is 9.90. The molecule has 2 aromatic rings. The van der Waals surface area contributed by atoms with Crippen LogP contribution in [0.5, 0.6) is 0 Å². The van der Waals surface area contributed by atoms with Gasteiger partial charge in [0.05, 0.1) is 5.97 Å². The fraction of sp³-hybridized carbons (Fsp3) is 0.192. The second-order valence-corrected chi connectivity index (χ2v) is 8.17. The standard InChI is InChI=1S/C26H26N4O5/c27-10-2-1-3-11-29-26(34)30-16-5-8-18(21(13-16)25(32)33)24-19-7-4-15(28)12-22(19)35-23-14-17(31)6-9-20(23)24/h4-9,12-14H,1-3,10-11,27-28H2,(H,32,33)(H2,29,30,34)/p-1. The number of nitrogens with one attached hydrogen (secondary N) is 2. The average molecular weight is 474 g/mol. The molecule has 0 spiro atoms. The van der Waals surface area contributed by atoms with E-state index in [0.29, 0.717) is 57.9 Å². The van der Waals surface area contributed by atoms with Gasteiger partial charge in [-0.3, -0.25) is 4.79 Å². The maximum absolute atomic E-state index is 12.2. The Morgan fingerprint density at radius 2 is 1.74 bits per heavy atom. The summed E-state index contributed by atoms with van der Waals surface area (Å²) in [6, 6.07) is 13.5. The highest BCUT2D eigenvalue weighted by molar-refractivity contribution is 6.08. The van der Waals surface area contributed by atoms with Crippen LogP contribution in [0.1, 0.15) is 29.6 Å². The molecule has 1 heterocycles. The van der Waals surface area contributed by atoms with Gasteiger partial charge >= 0.3 is 6.03 Å². The highest BCUT2D eigenvalue weighted by Gasteiger charge is 2.20. The largest absolute Gasteiger partial charge is 0.545 e. The van der Waals surface area contributed by atoms with Crippen molar-refractivity contribution in [2.24, 2.45) is 5.73 Å². The van der Waals surface area contributed by atoms with Crippen LogP contribution in [0.3, 0.4) is 0 Å². The molecule has 2 aliphatic rings. The molecule has 0 aromatic heterocycles. The summed E-state index contributed by atoms with van der Waals surface area (Å²) in [6.07, 6.45) is 2.59. The Labute approximate surface area is 201 Å². The Hall–Kier alpha value is -4.37. The summed E-state index contributed by atoms with van der Waals surface area (Å²) >= 11 is 0. The predicted molar refractivity (Wildman–Crippen MR) is 133 cm³/mol. The minimum absolute atomic E-state index is 0.123. The number of benzene rings is 3. The molecule has 4 rings (SSSR count). The van der Waals surface area contributed by atoms with Crippen molar-refractivity contribution in [1.82, 2.24) is 5.32 Å². The van der Waals surface area contributed by atoms with Crippen molar-refractivity contribution in [3.63, 3.8) is 0 Å². The Morgan fingerprint density at radius 3 is 2.51 bits per heavy atom. The molecule has 9 nitrogen and oxygen atoms in total. The van der Waals surface area contributed by atoms with Crippen molar-refractivity contribution in [2.75, 3.05) is 24.1 Å². The summed E-state index contributed by atoms with van der Waals surface area (Å²) in [7, 11) is 0. The van der Waals surface area contributed by atoms with Gasteiger partial charge in [-0.25, -0.2) is 4.79 Å². The number of hydrogen-bond acceptors (Lipinski definition) is 7. The van der Waals surface area contributed by atoms with Gasteiger partial charge < -0.3 is 36.4 Å². The number of carboxylic acid groups (broad SMARTS) is 1. The third kappa shape index (κ3) is 5.25. The molecule has 0 saturated carbocycles. The maximum atomic E-state index is 12.2. The van der Waals surface area contributed by atoms with Gasteiger partial charge in [0, 0.05) is 52.1 Å². The summed E-state index contributed by atoms with van der Waals surface area (Å²) in [5, 5.41) is 18.1. The summed E-state index contributed by atoms with van der Waals surface area (Å²) in [4.78, 5) is 36.3. The Bertz CT molecular complexity index is 1430. The number of aromatic carboxylic acids is 1. The zero-order valence-corrected chi connectivity index (χ0v) is 18.9. The number of amides is 2. The lowest BCUT2D eigenvalue weighted by Crippen LogP contribution is -2.30. The number of unbranched alkanes of at least 4 members (excludes halogenated alkanes) is 2. The van der Waals surface area contributed by atoms with Gasteiger partial charge in [0.15, 0.2) is 5.43 Å². The lowest BCUT2D eigenvalue weighted by molar-refractivity contribution is -0.254. The van der Waals surface area contributed by atoms with E-state index in [2.05, 4.69) is 10.6 Å². The van der Waals surface area contributed by atoms with Crippen molar-refractivity contribution in [1.29, 1.82) is 0 Å². The van der Waals surface area contributed by atoms with Gasteiger partial charge in [0.2, 0.25) is 0 Å². The van der Waals surface area contributed by atoms with Crippen LogP contribution in [0.2, 0.25) is 0 Å². The van der Waals surface area contributed by atoms with E-state index >= 15 is 0 Å². The smallest absolute Gasteiger partial charge is 0.319 e. The van der Waals surface area contributed by atoms with Crippen molar-refractivity contribution in [3.05, 3.63) is 70.4 Å². The highest BCUT2D eigenvalue weighted by Crippen LogP contribution is 2.41. The molecule has 1 aliphatic carbocycles. The van der Waals surface area contributed by atoms with Crippen LogP contribution in [0.25, 0.3) is 33.4 Å². The van der Waals surface area contributed by atoms with Crippen LogP contribution >= 0.6 is 0 Å². The number of rotatable bonds is 8. The minimum atomic E-state index is -1.41. The number of carboxylic acids is 1. The van der Waals surface area contributed by atoms with E-state index in [4.69, 9.17) is 15.9 Å². The molecule has 0 unspecified atom stereocenters. The molecule has 0 fully saturated rings. The van der Waals surface area contributed by atoms with E-state index in [9.17, 15) is 19.5 Å². The van der Waals surface area contributed by atoms with Gasteiger partial charge in [-0.05, 0) is 61.3 Å². The maximum Gasteiger partial charge on any atom is 0.319 e. The predicted octanol–water partition coefficient (Wildman–Crippen LogP) is 2.76. The van der Waals surface area contributed by atoms with E-state index in [-0.39, 0.29) is 11.0 Å². The van der Waals surface area contributed by atoms with Crippen LogP contribution in [0.4, 0.5) is 16.2 Å². The number of carbonyl (C=O) groups excluding carboxylic acids is 2. The molecule has 2 aromatic carbocycles. The van der Waals surface area contributed by atoms with E-state index in [1.807, 2.05) is 0 Å². The van der Waals surface area contributed by atoms with E-state index in [1.54, 1.807) is 36.4 Å². The topological polar surface area (TPSA) is 164 Å². The van der Waals surface area contributed by atoms with Crippen LogP contribution in [0, 0.1) is 0 Å². The first-order chi connectivity index (χ1) is 16.9. The van der Waals surface area contributed by atoms with E-state index < -0.39 is 12.0 Å². The van der Waals surface area contributed by atoms with Crippen molar-refractivity contribution >= 4 is 34.3 Å². The van der Waals surface area contributed by atoms with Gasteiger partial charge in [0.25, 0.3) is 0 Å². The second-order valence-electron chi connectivity index (χ2n) is 8.17. The molecule has 0 atom stereocenters. The molecule has 180 valence electrons. The SMILES string of the molecule is NCCCCCNC(=O)Nc1ccc(-c2c3ccc(=O)cc-3oc3cc(N)ccc23)c(C(=O)[O-])c1. The summed E-state index contributed by atoms with van der Waals surface area (Å²) in [5.74, 6) is -1.12. The number of urea groups is 1. The quantitative estimate of drug-likeness (QED) is 0.174. The Balaban J connectivity index is 1.74. The second kappa shape index (κ2) is 10.3. The average Bonchev–Trinajstić information content (AvgIpc) is 2.82. The highest BCUT2D eigenvalue weighted by atomic mass is 16.4. The van der Waals surface area contributed by atoms with Crippen LogP contribution in [-0.4, -0.2) is 25.1 Å². The first kappa shape index (κ1) is 23.8. The first-order valence-electron chi connectivity index (χ1n) is 11.2. The number of nitrogen functional groups attached to an aromatic ring is 1. The Kier molecular flexibility index (Phi) is 6.98. The molecule has 1 aliphatic heterocycles. The molecular weight excluding hydrogens is 448 g/mol. The summed E-state index contributed by atoms with van der Waals surface area (Å²) in [5.41, 5.74) is 13.6. The lowest BCUT2D eigenvalue weighted by Gasteiger charge is -2.19. The van der Waals surface area contributed by atoms with Crippen LogP contribution in [-0.2, 0) is 0 Å². The summed E-state index contributed by atoms with van der Waals surface area (Å²) < 4.78 is 5.89. The fourth-order valence-corrected chi connectivity index (χ4v) is 4.01. The van der Waals surface area contributed by atoms with Gasteiger partial charge in [0.1, 0.15) is 11.3 Å². The third-order valence-corrected chi connectivity index (χ3v) is 5.65. The molecule has 0 saturated heterocycles. The number of nitrogens with two attached hydrogens (primary N) is 2. The summed E-state index contributed by atoms with van der Waals surface area (Å²) in [6.45, 7) is 1.09. The molecule has 2 amide bonds. The molecule has 0 bridgehead atoms. The number of hydrogen-bond donors (Lipinski definition) is 4. The number of fused-ring (bicyclic) bond motifs is 2. The molecular formula is C26H25N4O5-. The number of anilines is 2. The van der Waals surface area contributed by atoms with Gasteiger partial charge in [-0.15, -0.1) is 0 Å². The van der Waals surface area contributed by atoms with Crippen molar-refractivity contribution in [2.45, 2.75) is 19.3 Å². The monoisotopic (exact) mass is 473 g/mol. The van der Waals surface area contributed by atoms with E-state index in [0.717, 1.165) is 19.3 Å². The van der Waals surface area contributed by atoms with Crippen LogP contribution < -0.4 is 32.6 Å². The molecule has 0 radical (unpaired) electrons. The van der Waals surface area contributed by atoms with Crippen molar-refractivity contribution in [3.8, 4) is 22.5 Å². The molecule has 35 heavy (non-hydrogen) atoms. The fourth-order valence-electron chi connectivity index (χ4n) is 4.01. The zero-order chi connectivity index (χ0) is 24.9. The zero-order valence-electron chi connectivity index (χ0n) is 18.9. The van der Waals surface area contributed by atoms with E-state index in [1.165, 1.54) is 18.2 Å². The van der Waals surface area contributed by atoms with Crippen molar-refractivity contribution < 1.29 is 19.1 Å². The minimum Gasteiger partial charge on any atom is -0.545 e. The molecule has 6 N–H and O–H groups in total. The van der Waals surface area contributed by atoms with Gasteiger partial charge in [-0.2, -0.15) is 0 Å². The normalized spacial score (nSPS) is 11.0. The number of carbonyl (C=O) groups is 2. The Morgan fingerprint density at radius 1 is 0.943 bits per heavy atom. The van der Waals surface area contributed by atoms with Gasteiger partial charge in [-0.1, -0.05) is 12.5 Å². The van der Waals surface area contributed by atoms with Crippen LogP contribution in [0.15, 0.2) is 63.8 Å². The third-order valence-electron chi connectivity index (χ3n) is 5.65. The first-order valence-corrected chi connectivity index (χ1v) is 11.2.